The van der Waals surface area contributed by atoms with E-state index in [-0.39, 0.29) is 11.7 Å². The van der Waals surface area contributed by atoms with E-state index < -0.39 is 0 Å². The molecule has 0 bridgehead atoms. The Hall–Kier alpha value is -2.33. The van der Waals surface area contributed by atoms with E-state index in [1.54, 1.807) is 12.1 Å². The van der Waals surface area contributed by atoms with Crippen LogP contribution in [0.1, 0.15) is 24.3 Å². The van der Waals surface area contributed by atoms with Gasteiger partial charge in [-0.3, -0.25) is 9.36 Å². The maximum absolute atomic E-state index is 12.6. The standard InChI is InChI=1S/C23H16BrClN4O2S2/c24-22-27-28-23(32-12-21(30)26-19-9-7-14(33-31)11-18(19)25)29(22)20-10-8-15(13-5-6-13)16-3-1-2-4-17(16)20/h1-4,7-11,13H,5-6,12H2/p+1. The Kier molecular flexibility index (Phi) is 6.47. The monoisotopic (exact) mass is 559 g/mol. The van der Waals surface area contributed by atoms with E-state index in [0.717, 1.165) is 11.1 Å². The first-order chi connectivity index (χ1) is 16.0. The van der Waals surface area contributed by atoms with Gasteiger partial charge in [0, 0.05) is 21.7 Å². The molecule has 0 saturated heterocycles. The molecule has 0 unspecified atom stereocenters. The molecule has 5 rings (SSSR count). The summed E-state index contributed by atoms with van der Waals surface area (Å²) in [5, 5.41) is 14.5. The van der Waals surface area contributed by atoms with Gasteiger partial charge in [-0.1, -0.05) is 53.7 Å². The van der Waals surface area contributed by atoms with Crippen molar-refractivity contribution in [2.45, 2.75) is 28.8 Å². The zero-order valence-corrected chi connectivity index (χ0v) is 21.1. The van der Waals surface area contributed by atoms with E-state index >= 15 is 0 Å². The number of amides is 1. The van der Waals surface area contributed by atoms with Crippen LogP contribution in [0.2, 0.25) is 5.02 Å². The van der Waals surface area contributed by atoms with E-state index in [1.807, 2.05) is 10.6 Å². The highest BCUT2D eigenvalue weighted by Gasteiger charge is 2.26. The number of benzene rings is 3. The number of hydrogen-bond acceptors (Lipinski definition) is 5. The van der Waals surface area contributed by atoms with Gasteiger partial charge in [0.2, 0.25) is 10.6 Å². The molecule has 1 N–H and O–H groups in total. The fraction of sp³-hybridized carbons (Fsp3) is 0.174. The molecular weight excluding hydrogens is 544 g/mol. The third-order valence-corrected chi connectivity index (χ3v) is 7.63. The smallest absolute Gasteiger partial charge is 0.324 e. The molecule has 1 aromatic heterocycles. The second-order valence-electron chi connectivity index (χ2n) is 7.64. The lowest BCUT2D eigenvalue weighted by molar-refractivity contribution is -0.113. The van der Waals surface area contributed by atoms with Crippen LogP contribution in [0.5, 0.6) is 0 Å². The van der Waals surface area contributed by atoms with Crippen molar-refractivity contribution in [3.05, 3.63) is 69.9 Å². The predicted octanol–water partition coefficient (Wildman–Crippen LogP) is 6.23. The summed E-state index contributed by atoms with van der Waals surface area (Å²) in [5.41, 5.74) is 2.80. The summed E-state index contributed by atoms with van der Waals surface area (Å²) in [6.07, 6.45) is 2.47. The number of fused-ring (bicyclic) bond motifs is 1. The number of halogens is 2. The minimum Gasteiger partial charge on any atom is -0.324 e. The zero-order valence-electron chi connectivity index (χ0n) is 17.1. The Morgan fingerprint density at radius 1 is 1.15 bits per heavy atom. The van der Waals surface area contributed by atoms with Crippen molar-refractivity contribution in [3.63, 3.8) is 0 Å². The Labute approximate surface area is 211 Å². The Morgan fingerprint density at radius 3 is 2.67 bits per heavy atom. The van der Waals surface area contributed by atoms with Crippen LogP contribution in [0, 0.1) is 0 Å². The van der Waals surface area contributed by atoms with Gasteiger partial charge in [0.1, 0.15) is 0 Å². The van der Waals surface area contributed by atoms with Gasteiger partial charge in [0.25, 0.3) is 4.90 Å². The number of aromatic nitrogens is 3. The maximum atomic E-state index is 12.6. The molecule has 4 aromatic rings. The molecule has 10 heteroatoms. The first-order valence-corrected chi connectivity index (χ1v) is 13.1. The zero-order chi connectivity index (χ0) is 22.9. The van der Waals surface area contributed by atoms with E-state index in [0.29, 0.717) is 43.1 Å². The van der Waals surface area contributed by atoms with Gasteiger partial charge >= 0.3 is 11.7 Å². The quantitative estimate of drug-likeness (QED) is 0.214. The van der Waals surface area contributed by atoms with Crippen molar-refractivity contribution in [1.82, 2.24) is 14.8 Å². The van der Waals surface area contributed by atoms with Gasteiger partial charge in [-0.05, 0) is 57.8 Å². The molecule has 166 valence electrons. The van der Waals surface area contributed by atoms with Crippen molar-refractivity contribution < 1.29 is 9.00 Å². The molecule has 0 aliphatic heterocycles. The Balaban J connectivity index is 1.39. The molecule has 1 saturated carbocycles. The molecule has 0 atom stereocenters. The molecule has 1 aliphatic rings. The normalized spacial score (nSPS) is 13.3. The summed E-state index contributed by atoms with van der Waals surface area (Å²) in [6.45, 7) is 0. The van der Waals surface area contributed by atoms with Gasteiger partial charge in [0.15, 0.2) is 5.16 Å². The fourth-order valence-corrected chi connectivity index (χ4v) is 5.65. The van der Waals surface area contributed by atoms with Crippen LogP contribution < -0.4 is 5.32 Å². The highest BCUT2D eigenvalue weighted by atomic mass is 79.9. The third kappa shape index (κ3) is 4.68. The first kappa shape index (κ1) is 22.5. The molecule has 6 nitrogen and oxygen atoms in total. The lowest BCUT2D eigenvalue weighted by atomic mass is 9.99. The molecule has 33 heavy (non-hydrogen) atoms. The van der Waals surface area contributed by atoms with E-state index in [9.17, 15) is 9.00 Å². The van der Waals surface area contributed by atoms with Gasteiger partial charge in [0.05, 0.1) is 22.2 Å². The van der Waals surface area contributed by atoms with E-state index in [1.165, 1.54) is 41.6 Å². The number of nitrogens with zero attached hydrogens (tertiary/aromatic N) is 3. The highest BCUT2D eigenvalue weighted by Crippen LogP contribution is 2.44. The van der Waals surface area contributed by atoms with Crippen LogP contribution in [-0.4, -0.2) is 26.4 Å². The Morgan fingerprint density at radius 2 is 1.94 bits per heavy atom. The molecular formula is C23H17BrClN4O2S2+. The number of rotatable bonds is 7. The maximum Gasteiger partial charge on any atom is 0.505 e. The molecule has 1 fully saturated rings. The molecule has 0 radical (unpaired) electrons. The summed E-state index contributed by atoms with van der Waals surface area (Å²) in [5.74, 6) is 0.528. The number of carbonyl (C=O) groups excluding carboxylic acids is 1. The minimum atomic E-state index is -0.232. The van der Waals surface area contributed by atoms with Crippen molar-refractivity contribution in [1.29, 1.82) is 0 Å². The average Bonchev–Trinajstić information content (AvgIpc) is 3.61. The van der Waals surface area contributed by atoms with Crippen molar-refractivity contribution in [3.8, 4) is 5.69 Å². The SMILES string of the molecule is O=[S+]c1ccc(NC(=O)CSc2nnc(Br)n2-c2ccc(C3CC3)c3ccccc23)c(Cl)c1. The summed E-state index contributed by atoms with van der Waals surface area (Å²) < 4.78 is 13.4. The average molecular weight is 561 g/mol. The van der Waals surface area contributed by atoms with Crippen molar-refractivity contribution >= 4 is 73.3 Å². The summed E-state index contributed by atoms with van der Waals surface area (Å²) in [4.78, 5) is 13.1. The predicted molar refractivity (Wildman–Crippen MR) is 136 cm³/mol. The van der Waals surface area contributed by atoms with Gasteiger partial charge in [-0.25, -0.2) is 0 Å². The lowest BCUT2D eigenvalue weighted by Crippen LogP contribution is -2.15. The van der Waals surface area contributed by atoms with Crippen molar-refractivity contribution in [2.75, 3.05) is 11.1 Å². The van der Waals surface area contributed by atoms with Crippen LogP contribution in [0.4, 0.5) is 5.69 Å². The van der Waals surface area contributed by atoms with Crippen LogP contribution in [-0.2, 0) is 20.7 Å². The molecule has 0 spiro atoms. The van der Waals surface area contributed by atoms with Crippen LogP contribution in [0.3, 0.4) is 0 Å². The van der Waals surface area contributed by atoms with Gasteiger partial charge in [-0.2, -0.15) is 0 Å². The number of nitrogens with one attached hydrogen (secondary N) is 1. The van der Waals surface area contributed by atoms with Crippen LogP contribution in [0.25, 0.3) is 16.5 Å². The summed E-state index contributed by atoms with van der Waals surface area (Å²) >= 11 is 11.3. The minimum absolute atomic E-state index is 0.123. The number of thioether (sulfide) groups is 1. The Bertz CT molecular complexity index is 1390. The third-order valence-electron chi connectivity index (χ3n) is 5.43. The van der Waals surface area contributed by atoms with Crippen molar-refractivity contribution in [2.24, 2.45) is 0 Å². The largest absolute Gasteiger partial charge is 0.505 e. The van der Waals surface area contributed by atoms with E-state index in [4.69, 9.17) is 11.6 Å². The van der Waals surface area contributed by atoms with Crippen LogP contribution in [0.15, 0.2) is 69.4 Å². The highest BCUT2D eigenvalue weighted by molar-refractivity contribution is 9.10. The molecule has 1 aliphatic carbocycles. The number of carbonyl (C=O) groups is 1. The van der Waals surface area contributed by atoms with Crippen LogP contribution >= 0.6 is 39.3 Å². The first-order valence-electron chi connectivity index (χ1n) is 10.2. The lowest BCUT2D eigenvalue weighted by Gasteiger charge is -2.14. The number of anilines is 1. The second kappa shape index (κ2) is 9.50. The topological polar surface area (TPSA) is 76.9 Å². The van der Waals surface area contributed by atoms with Gasteiger partial charge < -0.3 is 5.32 Å². The van der Waals surface area contributed by atoms with Gasteiger partial charge in [-0.15, -0.1) is 10.2 Å². The summed E-state index contributed by atoms with van der Waals surface area (Å²) in [7, 11) is 0. The fourth-order valence-electron chi connectivity index (χ4n) is 3.77. The molecule has 1 heterocycles. The summed E-state index contributed by atoms with van der Waals surface area (Å²) in [6, 6.07) is 17.4. The molecule has 3 aromatic carbocycles. The van der Waals surface area contributed by atoms with E-state index in [2.05, 4.69) is 61.8 Å². The number of hydrogen-bond donors (Lipinski definition) is 1. The second-order valence-corrected chi connectivity index (χ2v) is 10.3. The molecule has 1 amide bonds.